The summed E-state index contributed by atoms with van der Waals surface area (Å²) in [6, 6.07) is 5.59. The van der Waals surface area contributed by atoms with Crippen molar-refractivity contribution in [2.24, 2.45) is 11.7 Å². The van der Waals surface area contributed by atoms with E-state index in [2.05, 4.69) is 24.9 Å². The van der Waals surface area contributed by atoms with Crippen molar-refractivity contribution in [2.75, 3.05) is 25.1 Å². The summed E-state index contributed by atoms with van der Waals surface area (Å²) in [5.41, 5.74) is 4.28. The summed E-state index contributed by atoms with van der Waals surface area (Å²) in [4.78, 5) is 31.4. The zero-order chi connectivity index (χ0) is 34.2. The van der Waals surface area contributed by atoms with Crippen LogP contribution in [0.3, 0.4) is 0 Å². The number of anilines is 1. The van der Waals surface area contributed by atoms with E-state index in [0.717, 1.165) is 11.0 Å². The Morgan fingerprint density at radius 2 is 1.85 bits per heavy atom. The Morgan fingerprint density at radius 3 is 2.52 bits per heavy atom. The lowest BCUT2D eigenvalue weighted by molar-refractivity contribution is -0.159. The van der Waals surface area contributed by atoms with E-state index in [1.54, 1.807) is 0 Å². The molecular formula is C30H25F6N7O5. The smallest absolute Gasteiger partial charge is 0.453 e. The fourth-order valence-electron chi connectivity index (χ4n) is 6.70. The average molecular weight is 678 g/mol. The molecule has 2 bridgehead atoms. The Bertz CT molecular complexity index is 1900. The van der Waals surface area contributed by atoms with Gasteiger partial charge >= 0.3 is 18.2 Å². The molecule has 3 aliphatic heterocycles. The number of fused-ring (bicyclic) bond motifs is 3. The molecule has 252 valence electrons. The molecule has 2 aromatic carbocycles. The molecular weight excluding hydrogens is 652 g/mol. The van der Waals surface area contributed by atoms with Crippen molar-refractivity contribution in [1.82, 2.24) is 25.2 Å². The Balaban J connectivity index is 1.22. The van der Waals surface area contributed by atoms with Crippen molar-refractivity contribution in [3.8, 4) is 22.8 Å². The molecule has 2 N–H and O–H groups in total. The molecule has 2 aromatic heterocycles. The highest BCUT2D eigenvalue weighted by Crippen LogP contribution is 2.52. The van der Waals surface area contributed by atoms with Crippen LogP contribution in [0.4, 0.5) is 36.8 Å². The van der Waals surface area contributed by atoms with Crippen molar-refractivity contribution in [1.29, 1.82) is 0 Å². The number of amides is 2. The van der Waals surface area contributed by atoms with E-state index in [9.17, 15) is 22.8 Å². The van der Waals surface area contributed by atoms with E-state index in [1.807, 2.05) is 0 Å². The third-order valence-corrected chi connectivity index (χ3v) is 8.92. The highest BCUT2D eigenvalue weighted by Gasteiger charge is 2.56. The molecule has 0 unspecified atom stereocenters. The zero-order valence-corrected chi connectivity index (χ0v) is 24.9. The lowest BCUT2D eigenvalue weighted by Gasteiger charge is -2.53. The topological polar surface area (TPSA) is 154 Å². The molecule has 0 radical (unpaired) electrons. The normalized spacial score (nSPS) is 23.4. The Morgan fingerprint density at radius 1 is 1.12 bits per heavy atom. The molecule has 0 spiro atoms. The minimum Gasteiger partial charge on any atom is -0.453 e. The maximum absolute atomic E-state index is 15.6. The predicted octanol–water partition coefficient (Wildman–Crippen LogP) is 5.03. The van der Waals surface area contributed by atoms with Gasteiger partial charge in [-0.25, -0.2) is 18.0 Å². The second kappa shape index (κ2) is 11.0. The van der Waals surface area contributed by atoms with Crippen molar-refractivity contribution < 1.29 is 49.6 Å². The molecule has 18 heteroatoms. The van der Waals surface area contributed by atoms with E-state index in [4.69, 9.17) is 14.9 Å². The van der Waals surface area contributed by atoms with Crippen LogP contribution >= 0.6 is 0 Å². The summed E-state index contributed by atoms with van der Waals surface area (Å²) in [6.45, 7) is 0.434. The van der Waals surface area contributed by atoms with Gasteiger partial charge in [-0.05, 0) is 36.5 Å². The molecule has 48 heavy (non-hydrogen) atoms. The summed E-state index contributed by atoms with van der Waals surface area (Å²) >= 11 is 0. The minimum atomic E-state index is -4.84. The standard InChI is InChI=1S/C30H25F6N7O5/c1-46-27(45)42-11-15-8-28(9-15,13-42)25-40-39-23(47-25)17-6-21-18(7-19(17)31)29(32,33)10-20(37)24(44)43(21)12-14-2-4-16(5-3-14)22-38-26(48-41-22)30(34,35)36/h2-7,15,20H,8-13,37H2,1H3/t15?,20-,28?/m0/s1. The molecule has 1 aliphatic carbocycles. The van der Waals surface area contributed by atoms with Gasteiger partial charge in [-0.15, -0.1) is 10.2 Å². The average Bonchev–Trinajstić information content (AvgIpc) is 3.73. The van der Waals surface area contributed by atoms with Crippen LogP contribution in [0.25, 0.3) is 22.8 Å². The van der Waals surface area contributed by atoms with Gasteiger partial charge in [-0.3, -0.25) is 4.79 Å². The number of nitrogens with two attached hydrogens (primary N) is 1. The Labute approximate surface area is 266 Å². The molecule has 1 saturated carbocycles. The first-order valence-corrected chi connectivity index (χ1v) is 14.6. The van der Waals surface area contributed by atoms with Crippen LogP contribution < -0.4 is 10.6 Å². The number of aromatic nitrogens is 4. The molecule has 4 aliphatic rings. The van der Waals surface area contributed by atoms with Gasteiger partial charge in [0.25, 0.3) is 11.8 Å². The van der Waals surface area contributed by atoms with E-state index in [1.165, 1.54) is 36.3 Å². The first-order chi connectivity index (χ1) is 22.7. The first kappa shape index (κ1) is 31.6. The quantitative estimate of drug-likeness (QED) is 0.285. The van der Waals surface area contributed by atoms with E-state index in [0.29, 0.717) is 31.0 Å². The number of hydrogen-bond acceptors (Lipinski definition) is 10. The molecule has 5 heterocycles. The van der Waals surface area contributed by atoms with Gasteiger partial charge in [0.2, 0.25) is 17.6 Å². The lowest BCUT2D eigenvalue weighted by Crippen LogP contribution is -2.60. The number of ether oxygens (including phenoxy) is 1. The number of carbonyl (C=O) groups excluding carboxylic acids is 2. The lowest BCUT2D eigenvalue weighted by atomic mass is 9.58. The maximum Gasteiger partial charge on any atom is 0.471 e. The monoisotopic (exact) mass is 677 g/mol. The van der Waals surface area contributed by atoms with Crippen LogP contribution in [-0.2, 0) is 33.6 Å². The highest BCUT2D eigenvalue weighted by molar-refractivity contribution is 5.99. The van der Waals surface area contributed by atoms with Gasteiger partial charge in [0, 0.05) is 30.6 Å². The third-order valence-electron chi connectivity index (χ3n) is 8.92. The molecule has 4 aromatic rings. The first-order valence-electron chi connectivity index (χ1n) is 14.6. The molecule has 2 amide bonds. The second-order valence-corrected chi connectivity index (χ2v) is 12.2. The molecule has 12 nitrogen and oxygen atoms in total. The van der Waals surface area contributed by atoms with Gasteiger partial charge in [-0.2, -0.15) is 18.2 Å². The number of alkyl halides is 5. The van der Waals surface area contributed by atoms with Gasteiger partial charge in [-0.1, -0.05) is 29.4 Å². The summed E-state index contributed by atoms with van der Waals surface area (Å²) < 4.78 is 100. The van der Waals surface area contributed by atoms with Crippen molar-refractivity contribution in [3.05, 3.63) is 65.1 Å². The van der Waals surface area contributed by atoms with Crippen LogP contribution in [0.2, 0.25) is 0 Å². The summed E-state index contributed by atoms with van der Waals surface area (Å²) in [5, 5.41) is 11.4. The number of nitrogens with zero attached hydrogens (tertiary/aromatic N) is 6. The number of halogens is 6. The number of carbonyl (C=O) groups is 2. The molecule has 2 saturated heterocycles. The van der Waals surface area contributed by atoms with Gasteiger partial charge < -0.3 is 29.2 Å². The van der Waals surface area contributed by atoms with Crippen molar-refractivity contribution in [2.45, 2.75) is 49.4 Å². The molecule has 8 rings (SSSR count). The van der Waals surface area contributed by atoms with Gasteiger partial charge in [0.15, 0.2) is 0 Å². The second-order valence-electron chi connectivity index (χ2n) is 12.2. The number of piperidine rings is 2. The highest BCUT2D eigenvalue weighted by atomic mass is 19.4. The largest absolute Gasteiger partial charge is 0.471 e. The van der Waals surface area contributed by atoms with E-state index >= 15 is 13.2 Å². The van der Waals surface area contributed by atoms with Crippen LogP contribution in [0.5, 0.6) is 0 Å². The number of rotatable bonds is 5. The molecule has 3 fully saturated rings. The minimum absolute atomic E-state index is 0.154. The summed E-state index contributed by atoms with van der Waals surface area (Å²) in [5.74, 6) is -7.52. The van der Waals surface area contributed by atoms with Crippen LogP contribution in [-0.4, -0.2) is 63.5 Å². The van der Waals surface area contributed by atoms with Gasteiger partial charge in [0.1, 0.15) is 5.82 Å². The predicted molar refractivity (Wildman–Crippen MR) is 150 cm³/mol. The van der Waals surface area contributed by atoms with Gasteiger partial charge in [0.05, 0.1) is 36.4 Å². The van der Waals surface area contributed by atoms with Crippen molar-refractivity contribution in [3.63, 3.8) is 0 Å². The van der Waals surface area contributed by atoms with Crippen LogP contribution in [0.1, 0.15) is 42.2 Å². The van der Waals surface area contributed by atoms with Crippen LogP contribution in [0, 0.1) is 11.7 Å². The molecule has 1 atom stereocenters. The Kier molecular flexibility index (Phi) is 7.26. The number of benzene rings is 2. The van der Waals surface area contributed by atoms with E-state index < -0.39 is 59.2 Å². The number of methoxy groups -OCH3 is 1. The fourth-order valence-corrected chi connectivity index (χ4v) is 6.70. The zero-order valence-electron chi connectivity index (χ0n) is 24.9. The fraction of sp³-hybridized carbons (Fsp3) is 0.400. The Hall–Kier alpha value is -5.00. The third kappa shape index (κ3) is 5.32. The van der Waals surface area contributed by atoms with Crippen molar-refractivity contribution >= 4 is 17.7 Å². The summed E-state index contributed by atoms with van der Waals surface area (Å²) in [6.07, 6.45) is -5.14. The SMILES string of the molecule is COC(=O)N1CC2CC(c3nnc(-c4cc5c(cc4F)C(F)(F)C[C@H](N)C(=O)N5Cc4ccc(-c5noc(C(F)(F)F)n5)cc4)o3)(C2)C1. The van der Waals surface area contributed by atoms with E-state index in [-0.39, 0.29) is 53.4 Å². The number of hydrogen-bond donors (Lipinski definition) is 1. The maximum atomic E-state index is 15.6. The summed E-state index contributed by atoms with van der Waals surface area (Å²) in [7, 11) is 1.27. The van der Waals surface area contributed by atoms with Crippen LogP contribution in [0.15, 0.2) is 45.3 Å².